The summed E-state index contributed by atoms with van der Waals surface area (Å²) in [6.45, 7) is 1.67. The van der Waals surface area contributed by atoms with E-state index >= 15 is 0 Å². The van der Waals surface area contributed by atoms with Gasteiger partial charge >= 0.3 is 5.97 Å². The first-order chi connectivity index (χ1) is 14.1. The zero-order valence-corrected chi connectivity index (χ0v) is 16.4. The van der Waals surface area contributed by atoms with E-state index in [0.29, 0.717) is 5.56 Å². The number of benzene rings is 3. The van der Waals surface area contributed by atoms with Crippen LogP contribution in [0.4, 0.5) is 4.39 Å². The van der Waals surface area contributed by atoms with Crippen molar-refractivity contribution in [2.24, 2.45) is 0 Å². The monoisotopic (exact) mass is 408 g/mol. The van der Waals surface area contributed by atoms with E-state index in [0.717, 1.165) is 15.7 Å². The molecule has 29 heavy (non-hydrogen) atoms. The lowest BCUT2D eigenvalue weighted by molar-refractivity contribution is -0.146. The lowest BCUT2D eigenvalue weighted by atomic mass is 10.1. The van der Waals surface area contributed by atoms with Gasteiger partial charge < -0.3 is 9.15 Å². The molecule has 0 bridgehead atoms. The minimum Gasteiger partial charge on any atom is -0.452 e. The van der Waals surface area contributed by atoms with E-state index in [1.54, 1.807) is 19.1 Å². The summed E-state index contributed by atoms with van der Waals surface area (Å²) in [6.07, 6.45) is -0.679. The van der Waals surface area contributed by atoms with Gasteiger partial charge in [0.1, 0.15) is 5.82 Å². The molecule has 1 heterocycles. The maximum Gasteiger partial charge on any atom is 0.317 e. The van der Waals surface area contributed by atoms with E-state index in [1.807, 2.05) is 42.5 Å². The number of fused-ring (bicyclic) bond motifs is 1. The van der Waals surface area contributed by atoms with E-state index in [4.69, 9.17) is 9.15 Å². The Morgan fingerprint density at radius 2 is 1.83 bits per heavy atom. The van der Waals surface area contributed by atoms with Crippen molar-refractivity contribution >= 4 is 28.5 Å². The van der Waals surface area contributed by atoms with Crippen LogP contribution in [0.2, 0.25) is 0 Å². The number of aromatic nitrogens is 2. The second kappa shape index (κ2) is 8.45. The predicted molar refractivity (Wildman–Crippen MR) is 109 cm³/mol. The summed E-state index contributed by atoms with van der Waals surface area (Å²) in [6, 6.07) is 19.8. The quantitative estimate of drug-likeness (QED) is 0.313. The van der Waals surface area contributed by atoms with Crippen LogP contribution in [-0.2, 0) is 9.53 Å². The number of hydrogen-bond acceptors (Lipinski definition) is 6. The average Bonchev–Trinajstić information content (AvgIpc) is 3.23. The second-order valence-corrected chi connectivity index (χ2v) is 7.43. The van der Waals surface area contributed by atoms with Crippen LogP contribution in [0.15, 0.2) is 76.0 Å². The molecule has 0 fully saturated rings. The highest BCUT2D eigenvalue weighted by Crippen LogP contribution is 2.26. The summed E-state index contributed by atoms with van der Waals surface area (Å²) in [5.41, 5.74) is 0.593. The zero-order valence-electron chi connectivity index (χ0n) is 15.5. The van der Waals surface area contributed by atoms with Gasteiger partial charge in [-0.2, -0.15) is 0 Å². The Morgan fingerprint density at radius 3 is 2.62 bits per heavy atom. The number of carbonyl (C=O) groups excluding carboxylic acids is 1. The first-order valence-electron chi connectivity index (χ1n) is 8.99. The normalized spacial score (nSPS) is 12.1. The van der Waals surface area contributed by atoms with Crippen LogP contribution in [0.25, 0.3) is 22.2 Å². The van der Waals surface area contributed by atoms with Crippen LogP contribution in [-0.4, -0.2) is 21.9 Å². The van der Waals surface area contributed by atoms with Gasteiger partial charge in [-0.15, -0.1) is 22.0 Å². The van der Waals surface area contributed by atoms with Crippen molar-refractivity contribution in [2.45, 2.75) is 17.9 Å². The van der Waals surface area contributed by atoms with Gasteiger partial charge in [0.15, 0.2) is 6.10 Å². The number of nitrogens with zero attached hydrogens (tertiary/aromatic N) is 2. The van der Waals surface area contributed by atoms with Crippen LogP contribution < -0.4 is 0 Å². The molecule has 0 radical (unpaired) electrons. The largest absolute Gasteiger partial charge is 0.452 e. The molecule has 4 rings (SSSR count). The van der Waals surface area contributed by atoms with Crippen LogP contribution in [0.5, 0.6) is 0 Å². The van der Waals surface area contributed by atoms with Crippen molar-refractivity contribution in [1.82, 2.24) is 10.2 Å². The highest BCUT2D eigenvalue weighted by molar-refractivity contribution is 8.00. The van der Waals surface area contributed by atoms with E-state index < -0.39 is 6.10 Å². The van der Waals surface area contributed by atoms with Gasteiger partial charge in [-0.05, 0) is 54.1 Å². The predicted octanol–water partition coefficient (Wildman–Crippen LogP) is 5.43. The number of ether oxygens (including phenoxy) is 1. The molecule has 4 aromatic rings. The van der Waals surface area contributed by atoms with Crippen LogP contribution in [0.3, 0.4) is 0 Å². The molecule has 1 atom stereocenters. The lowest BCUT2D eigenvalue weighted by Gasteiger charge is -2.09. The smallest absolute Gasteiger partial charge is 0.317 e. The van der Waals surface area contributed by atoms with Crippen molar-refractivity contribution in [3.63, 3.8) is 0 Å². The summed E-state index contributed by atoms with van der Waals surface area (Å²) in [5.74, 6) is -0.125. The third-order valence-corrected chi connectivity index (χ3v) is 5.23. The topological polar surface area (TPSA) is 65.2 Å². The highest BCUT2D eigenvalue weighted by atomic mass is 32.2. The van der Waals surface area contributed by atoms with Gasteiger partial charge in [-0.25, -0.2) is 4.39 Å². The molecule has 5 nitrogen and oxygen atoms in total. The molecule has 0 unspecified atom stereocenters. The molecule has 0 aliphatic carbocycles. The SMILES string of the molecule is C[C@H](OC(=O)CSc1ccc2ccccc2c1)c1nnc(-c2ccc(F)cc2)o1. The van der Waals surface area contributed by atoms with Gasteiger partial charge in [0.05, 0.1) is 5.75 Å². The van der Waals surface area contributed by atoms with Gasteiger partial charge in [-0.3, -0.25) is 4.79 Å². The Labute approximate surface area is 170 Å². The minimum atomic E-state index is -0.679. The standard InChI is InChI=1S/C22H17FN2O3S/c1-14(21-24-25-22(28-21)16-6-9-18(23)10-7-16)27-20(26)13-29-19-11-8-15-4-2-3-5-17(15)12-19/h2-12,14H,13H2,1H3/t14-/m0/s1. The number of thioether (sulfide) groups is 1. The van der Waals surface area contributed by atoms with Crippen LogP contribution in [0, 0.1) is 5.82 Å². The number of rotatable bonds is 6. The van der Waals surface area contributed by atoms with Crippen molar-refractivity contribution in [2.75, 3.05) is 5.75 Å². The van der Waals surface area contributed by atoms with E-state index in [2.05, 4.69) is 10.2 Å². The third kappa shape index (κ3) is 4.63. The molecule has 0 aliphatic heterocycles. The summed E-state index contributed by atoms with van der Waals surface area (Å²) in [4.78, 5) is 13.2. The molecule has 7 heteroatoms. The average molecular weight is 408 g/mol. The highest BCUT2D eigenvalue weighted by Gasteiger charge is 2.19. The molecule has 146 valence electrons. The molecular weight excluding hydrogens is 391 g/mol. The van der Waals surface area contributed by atoms with Crippen molar-refractivity contribution in [3.8, 4) is 11.5 Å². The van der Waals surface area contributed by atoms with Gasteiger partial charge in [0, 0.05) is 10.5 Å². The van der Waals surface area contributed by atoms with Crippen LogP contribution in [0.1, 0.15) is 18.9 Å². The minimum absolute atomic E-state index is 0.168. The Hall–Kier alpha value is -3.19. The van der Waals surface area contributed by atoms with Crippen molar-refractivity contribution in [3.05, 3.63) is 78.4 Å². The Balaban J connectivity index is 1.35. The Bertz CT molecular complexity index is 1140. The second-order valence-electron chi connectivity index (χ2n) is 6.38. The molecule has 0 saturated heterocycles. The lowest BCUT2D eigenvalue weighted by Crippen LogP contribution is -2.11. The molecule has 3 aromatic carbocycles. The third-order valence-electron chi connectivity index (χ3n) is 4.27. The van der Waals surface area contributed by atoms with E-state index in [9.17, 15) is 9.18 Å². The Kier molecular flexibility index (Phi) is 5.57. The maximum absolute atomic E-state index is 13.0. The molecule has 0 spiro atoms. The van der Waals surface area contributed by atoms with Crippen molar-refractivity contribution < 1.29 is 18.3 Å². The van der Waals surface area contributed by atoms with E-state index in [-0.39, 0.29) is 29.3 Å². The van der Waals surface area contributed by atoms with E-state index in [1.165, 1.54) is 23.9 Å². The summed E-state index contributed by atoms with van der Waals surface area (Å²) < 4.78 is 24.0. The summed E-state index contributed by atoms with van der Waals surface area (Å²) >= 11 is 1.41. The fourth-order valence-electron chi connectivity index (χ4n) is 2.79. The Morgan fingerprint density at radius 1 is 1.07 bits per heavy atom. The fourth-order valence-corrected chi connectivity index (χ4v) is 3.52. The van der Waals surface area contributed by atoms with Gasteiger partial charge in [0.2, 0.25) is 5.89 Å². The van der Waals surface area contributed by atoms with Gasteiger partial charge in [0.25, 0.3) is 5.89 Å². The molecule has 0 aliphatic rings. The molecule has 0 N–H and O–H groups in total. The number of carbonyl (C=O) groups is 1. The summed E-state index contributed by atoms with van der Waals surface area (Å²) in [5, 5.41) is 10.1. The fraction of sp³-hybridized carbons (Fsp3) is 0.136. The maximum atomic E-state index is 13.0. The first-order valence-corrected chi connectivity index (χ1v) is 9.97. The zero-order chi connectivity index (χ0) is 20.2. The molecule has 1 aromatic heterocycles. The van der Waals surface area contributed by atoms with Crippen molar-refractivity contribution in [1.29, 1.82) is 0 Å². The molecular formula is C22H17FN2O3S. The number of halogens is 1. The van der Waals surface area contributed by atoms with Crippen LogP contribution >= 0.6 is 11.8 Å². The number of hydrogen-bond donors (Lipinski definition) is 0. The number of esters is 1. The first kappa shape index (κ1) is 19.1. The van der Waals surface area contributed by atoms with Gasteiger partial charge in [-0.1, -0.05) is 30.3 Å². The summed E-state index contributed by atoms with van der Waals surface area (Å²) in [7, 11) is 0. The molecule has 0 saturated carbocycles. The molecule has 0 amide bonds.